The van der Waals surface area contributed by atoms with Crippen molar-refractivity contribution in [1.29, 1.82) is 0 Å². The van der Waals surface area contributed by atoms with Crippen molar-refractivity contribution in [3.8, 4) is 11.4 Å². The molecule has 0 radical (unpaired) electrons. The first-order valence-corrected chi connectivity index (χ1v) is 6.36. The summed E-state index contributed by atoms with van der Waals surface area (Å²) >= 11 is 0. The Kier molecular flexibility index (Phi) is 5.00. The van der Waals surface area contributed by atoms with Crippen molar-refractivity contribution in [2.24, 2.45) is 5.73 Å². The van der Waals surface area contributed by atoms with E-state index >= 15 is 0 Å². The minimum atomic E-state index is -2.87. The molecule has 0 amide bonds. The highest BCUT2D eigenvalue weighted by Gasteiger charge is 2.12. The Morgan fingerprint density at radius 1 is 1.25 bits per heavy atom. The number of alkyl halides is 2. The van der Waals surface area contributed by atoms with Crippen molar-refractivity contribution in [3.05, 3.63) is 36.2 Å². The predicted molar refractivity (Wildman–Crippen MR) is 70.0 cm³/mol. The van der Waals surface area contributed by atoms with Crippen LogP contribution in [0.15, 0.2) is 30.5 Å². The maximum absolute atomic E-state index is 12.3. The number of benzene rings is 1. The fourth-order valence-corrected chi connectivity index (χ4v) is 1.82. The number of para-hydroxylation sites is 2. The molecule has 0 spiro atoms. The molecule has 0 bridgehead atoms. The van der Waals surface area contributed by atoms with Crippen LogP contribution in [0.1, 0.15) is 18.5 Å². The van der Waals surface area contributed by atoms with E-state index in [0.717, 1.165) is 25.0 Å². The molecule has 2 aromatic rings. The van der Waals surface area contributed by atoms with Crippen LogP contribution in [0.4, 0.5) is 8.78 Å². The van der Waals surface area contributed by atoms with Crippen LogP contribution < -0.4 is 10.5 Å². The molecule has 1 aromatic carbocycles. The first-order chi connectivity index (χ1) is 9.70. The molecule has 2 N–H and O–H groups in total. The minimum absolute atomic E-state index is 0.0703. The summed E-state index contributed by atoms with van der Waals surface area (Å²) in [5, 5.41) is 7.96. The third kappa shape index (κ3) is 3.74. The first kappa shape index (κ1) is 14.4. The highest BCUT2D eigenvalue weighted by Crippen LogP contribution is 2.23. The molecule has 5 nitrogen and oxygen atoms in total. The molecule has 0 aliphatic carbocycles. The number of aryl methyl sites for hydroxylation is 1. The monoisotopic (exact) mass is 282 g/mol. The second kappa shape index (κ2) is 6.95. The SMILES string of the molecule is NCCCCc1cn(-c2ccccc2OC(F)F)nn1. The molecule has 1 heterocycles. The van der Waals surface area contributed by atoms with E-state index in [0.29, 0.717) is 12.2 Å². The van der Waals surface area contributed by atoms with Gasteiger partial charge in [0.15, 0.2) is 5.75 Å². The number of halogens is 2. The maximum Gasteiger partial charge on any atom is 0.387 e. The molecule has 1 aromatic heterocycles. The van der Waals surface area contributed by atoms with Gasteiger partial charge in [0.1, 0.15) is 5.69 Å². The lowest BCUT2D eigenvalue weighted by Gasteiger charge is -2.09. The summed E-state index contributed by atoms with van der Waals surface area (Å²) in [5.74, 6) is 0.0703. The summed E-state index contributed by atoms with van der Waals surface area (Å²) < 4.78 is 30.6. The van der Waals surface area contributed by atoms with Crippen molar-refractivity contribution >= 4 is 0 Å². The number of rotatable bonds is 7. The molecule has 20 heavy (non-hydrogen) atoms. The zero-order valence-corrected chi connectivity index (χ0v) is 10.9. The Morgan fingerprint density at radius 2 is 2.05 bits per heavy atom. The average Bonchev–Trinajstić information content (AvgIpc) is 2.88. The molecule has 0 fully saturated rings. The normalized spacial score (nSPS) is 11.0. The molecule has 0 saturated carbocycles. The van der Waals surface area contributed by atoms with Crippen LogP contribution in [-0.2, 0) is 6.42 Å². The Hall–Kier alpha value is -2.02. The van der Waals surface area contributed by atoms with Gasteiger partial charge in [-0.15, -0.1) is 5.10 Å². The van der Waals surface area contributed by atoms with Gasteiger partial charge in [0.2, 0.25) is 0 Å². The van der Waals surface area contributed by atoms with E-state index in [9.17, 15) is 8.78 Å². The molecule has 0 atom stereocenters. The zero-order chi connectivity index (χ0) is 14.4. The zero-order valence-electron chi connectivity index (χ0n) is 10.9. The third-order valence-corrected chi connectivity index (χ3v) is 2.76. The van der Waals surface area contributed by atoms with Gasteiger partial charge in [-0.25, -0.2) is 4.68 Å². The van der Waals surface area contributed by atoms with Gasteiger partial charge in [0, 0.05) is 0 Å². The summed E-state index contributed by atoms with van der Waals surface area (Å²) in [6, 6.07) is 6.47. The molecular formula is C13H16F2N4O. The standard InChI is InChI=1S/C13H16F2N4O/c14-13(15)20-12-7-2-1-6-11(12)19-9-10(17-18-19)5-3-4-8-16/h1-2,6-7,9,13H,3-5,8,16H2. The molecule has 2 rings (SSSR count). The Balaban J connectivity index is 2.15. The molecular weight excluding hydrogens is 266 g/mol. The summed E-state index contributed by atoms with van der Waals surface area (Å²) in [5.41, 5.74) is 6.66. The van der Waals surface area contributed by atoms with Crippen LogP contribution >= 0.6 is 0 Å². The van der Waals surface area contributed by atoms with Crippen LogP contribution in [0.2, 0.25) is 0 Å². The maximum atomic E-state index is 12.3. The van der Waals surface area contributed by atoms with Gasteiger partial charge in [-0.3, -0.25) is 0 Å². The van der Waals surface area contributed by atoms with E-state index in [-0.39, 0.29) is 5.75 Å². The van der Waals surface area contributed by atoms with Gasteiger partial charge in [0.05, 0.1) is 11.9 Å². The van der Waals surface area contributed by atoms with Crippen LogP contribution in [0.3, 0.4) is 0 Å². The number of nitrogens with two attached hydrogens (primary N) is 1. The summed E-state index contributed by atoms with van der Waals surface area (Å²) in [6.07, 6.45) is 4.31. The number of hydrogen-bond acceptors (Lipinski definition) is 4. The smallest absolute Gasteiger partial charge is 0.387 e. The van der Waals surface area contributed by atoms with E-state index in [4.69, 9.17) is 5.73 Å². The van der Waals surface area contributed by atoms with Gasteiger partial charge in [-0.2, -0.15) is 8.78 Å². The van der Waals surface area contributed by atoms with Gasteiger partial charge in [0.25, 0.3) is 0 Å². The van der Waals surface area contributed by atoms with E-state index in [1.54, 1.807) is 24.4 Å². The molecule has 7 heteroatoms. The van der Waals surface area contributed by atoms with E-state index in [1.807, 2.05) is 0 Å². The van der Waals surface area contributed by atoms with Crippen LogP contribution in [0, 0.1) is 0 Å². The van der Waals surface area contributed by atoms with Crippen LogP contribution in [0.5, 0.6) is 5.75 Å². The van der Waals surface area contributed by atoms with Crippen LogP contribution in [0.25, 0.3) is 5.69 Å². The average molecular weight is 282 g/mol. The minimum Gasteiger partial charge on any atom is -0.433 e. The predicted octanol–water partition coefficient (Wildman–Crippen LogP) is 2.15. The van der Waals surface area contributed by atoms with E-state index < -0.39 is 6.61 Å². The van der Waals surface area contributed by atoms with Crippen molar-refractivity contribution in [2.45, 2.75) is 25.9 Å². The number of unbranched alkanes of at least 4 members (excludes halogenated alkanes) is 1. The molecule has 0 saturated heterocycles. The number of hydrogen-bond donors (Lipinski definition) is 1. The molecule has 108 valence electrons. The number of aromatic nitrogens is 3. The second-order valence-corrected chi connectivity index (χ2v) is 4.25. The fraction of sp³-hybridized carbons (Fsp3) is 0.385. The van der Waals surface area contributed by atoms with Crippen molar-refractivity contribution in [1.82, 2.24) is 15.0 Å². The van der Waals surface area contributed by atoms with E-state index in [2.05, 4.69) is 15.0 Å². The van der Waals surface area contributed by atoms with E-state index in [1.165, 1.54) is 10.7 Å². The van der Waals surface area contributed by atoms with Gasteiger partial charge in [-0.05, 0) is 37.9 Å². The molecule has 0 aliphatic rings. The lowest BCUT2D eigenvalue weighted by molar-refractivity contribution is -0.0499. The first-order valence-electron chi connectivity index (χ1n) is 6.36. The fourth-order valence-electron chi connectivity index (χ4n) is 1.82. The third-order valence-electron chi connectivity index (χ3n) is 2.76. The number of nitrogens with zero attached hydrogens (tertiary/aromatic N) is 3. The second-order valence-electron chi connectivity index (χ2n) is 4.25. The summed E-state index contributed by atoms with van der Waals surface area (Å²) in [4.78, 5) is 0. The van der Waals surface area contributed by atoms with Gasteiger partial charge >= 0.3 is 6.61 Å². The quantitative estimate of drug-likeness (QED) is 0.790. The van der Waals surface area contributed by atoms with Crippen molar-refractivity contribution in [2.75, 3.05) is 6.54 Å². The summed E-state index contributed by atoms with van der Waals surface area (Å²) in [6.45, 7) is -2.23. The largest absolute Gasteiger partial charge is 0.433 e. The van der Waals surface area contributed by atoms with Gasteiger partial charge in [-0.1, -0.05) is 17.3 Å². The topological polar surface area (TPSA) is 66.0 Å². The lowest BCUT2D eigenvalue weighted by atomic mass is 10.2. The molecule has 0 unspecified atom stereocenters. The Morgan fingerprint density at radius 3 is 2.80 bits per heavy atom. The Bertz CT molecular complexity index is 545. The lowest BCUT2D eigenvalue weighted by Crippen LogP contribution is -2.06. The van der Waals surface area contributed by atoms with Gasteiger partial charge < -0.3 is 10.5 Å². The highest BCUT2D eigenvalue weighted by molar-refractivity contribution is 5.45. The Labute approximate surface area is 115 Å². The van der Waals surface area contributed by atoms with Crippen molar-refractivity contribution in [3.63, 3.8) is 0 Å². The van der Waals surface area contributed by atoms with Crippen LogP contribution in [-0.4, -0.2) is 28.2 Å². The molecule has 0 aliphatic heterocycles. The summed E-state index contributed by atoms with van der Waals surface area (Å²) in [7, 11) is 0. The van der Waals surface area contributed by atoms with Crippen molar-refractivity contribution < 1.29 is 13.5 Å². The highest BCUT2D eigenvalue weighted by atomic mass is 19.3. The number of ether oxygens (including phenoxy) is 1.